The summed E-state index contributed by atoms with van der Waals surface area (Å²) in [5.74, 6) is 1.25. The molecule has 19 heavy (non-hydrogen) atoms. The highest BCUT2D eigenvalue weighted by Crippen LogP contribution is 2.22. The lowest BCUT2D eigenvalue weighted by Gasteiger charge is -2.33. The summed E-state index contributed by atoms with van der Waals surface area (Å²) in [7, 11) is 1.78. The minimum absolute atomic E-state index is 0.0123. The zero-order chi connectivity index (χ0) is 13.2. The zero-order valence-corrected chi connectivity index (χ0v) is 11.5. The fourth-order valence-electron chi connectivity index (χ4n) is 2.75. The molecule has 2 fully saturated rings. The summed E-state index contributed by atoms with van der Waals surface area (Å²) in [6, 6.07) is 0.762. The van der Waals surface area contributed by atoms with Gasteiger partial charge in [-0.1, -0.05) is 0 Å². The minimum Gasteiger partial charge on any atom is -0.352 e. The van der Waals surface area contributed by atoms with Crippen LogP contribution in [0.1, 0.15) is 25.7 Å². The van der Waals surface area contributed by atoms with E-state index in [1.54, 1.807) is 24.0 Å². The van der Waals surface area contributed by atoms with Crippen molar-refractivity contribution in [1.29, 1.82) is 0 Å². The van der Waals surface area contributed by atoms with Crippen LogP contribution in [-0.2, 0) is 7.05 Å². The number of nitrogens with one attached hydrogen (secondary N) is 1. The first-order valence-corrected chi connectivity index (χ1v) is 7.24. The van der Waals surface area contributed by atoms with Gasteiger partial charge in [-0.05, 0) is 38.1 Å². The molecule has 1 atom stereocenters. The number of aryl methyl sites for hydroxylation is 1. The largest absolute Gasteiger partial charge is 0.352 e. The lowest BCUT2D eigenvalue weighted by atomic mass is 9.98. The van der Waals surface area contributed by atoms with E-state index in [4.69, 9.17) is 0 Å². The van der Waals surface area contributed by atoms with Crippen molar-refractivity contribution in [3.05, 3.63) is 22.7 Å². The van der Waals surface area contributed by atoms with E-state index >= 15 is 0 Å². The smallest absolute Gasteiger partial charge is 0.293 e. The molecule has 0 bridgehead atoms. The number of aromatic nitrogens is 2. The molecule has 1 N–H and O–H groups in total. The summed E-state index contributed by atoms with van der Waals surface area (Å²) in [4.78, 5) is 18.5. The van der Waals surface area contributed by atoms with Gasteiger partial charge in [-0.3, -0.25) is 4.79 Å². The fraction of sp³-hybridized carbons (Fsp3) is 0.714. The van der Waals surface area contributed by atoms with Crippen molar-refractivity contribution in [2.24, 2.45) is 13.0 Å². The predicted octanol–water partition coefficient (Wildman–Crippen LogP) is 0.749. The Morgan fingerprint density at radius 1 is 1.42 bits per heavy atom. The molecule has 5 heteroatoms. The van der Waals surface area contributed by atoms with E-state index in [-0.39, 0.29) is 5.56 Å². The normalized spacial score (nSPS) is 23.6. The number of rotatable bonds is 4. The number of piperidine rings is 1. The lowest BCUT2D eigenvalue weighted by Crippen LogP contribution is -2.43. The van der Waals surface area contributed by atoms with Gasteiger partial charge in [0.15, 0.2) is 5.82 Å². The SMILES string of the molecule is Cn1ccnc(N2CCCC(CNC3CC3)C2)c1=O. The standard InChI is InChI=1S/C14H22N4O/c1-17-8-6-15-13(14(17)19)18-7-2-3-11(10-18)9-16-12-4-5-12/h6,8,11-12,16H,2-5,7,9-10H2,1H3. The molecule has 5 nitrogen and oxygen atoms in total. The van der Waals surface area contributed by atoms with Crippen molar-refractivity contribution in [3.8, 4) is 0 Å². The summed E-state index contributed by atoms with van der Waals surface area (Å²) in [5.41, 5.74) is 0.0123. The molecule has 3 rings (SSSR count). The topological polar surface area (TPSA) is 50.2 Å². The van der Waals surface area contributed by atoms with Gasteiger partial charge < -0.3 is 14.8 Å². The van der Waals surface area contributed by atoms with E-state index in [9.17, 15) is 4.79 Å². The molecule has 1 saturated heterocycles. The summed E-state index contributed by atoms with van der Waals surface area (Å²) in [6.07, 6.45) is 8.49. The maximum Gasteiger partial charge on any atom is 0.293 e. The van der Waals surface area contributed by atoms with Crippen LogP contribution < -0.4 is 15.8 Å². The minimum atomic E-state index is 0.0123. The van der Waals surface area contributed by atoms with Gasteiger partial charge in [0, 0.05) is 38.6 Å². The number of hydrogen-bond acceptors (Lipinski definition) is 4. The summed E-state index contributed by atoms with van der Waals surface area (Å²) in [5, 5.41) is 3.59. The molecule has 0 amide bonds. The van der Waals surface area contributed by atoms with Crippen molar-refractivity contribution in [2.45, 2.75) is 31.7 Å². The van der Waals surface area contributed by atoms with Crippen LogP contribution in [-0.4, -0.2) is 35.2 Å². The molecule has 2 aliphatic rings. The van der Waals surface area contributed by atoms with Gasteiger partial charge >= 0.3 is 0 Å². The molecule has 1 saturated carbocycles. The molecule has 1 aromatic heterocycles. The van der Waals surface area contributed by atoms with Gasteiger partial charge in [0.2, 0.25) is 0 Å². The first kappa shape index (κ1) is 12.7. The Kier molecular flexibility index (Phi) is 3.55. The van der Waals surface area contributed by atoms with E-state index in [1.807, 2.05) is 0 Å². The van der Waals surface area contributed by atoms with Gasteiger partial charge in [0.05, 0.1) is 0 Å². The highest BCUT2D eigenvalue weighted by atomic mass is 16.1. The summed E-state index contributed by atoms with van der Waals surface area (Å²) >= 11 is 0. The third-order valence-corrected chi connectivity index (χ3v) is 4.09. The molecule has 1 aliphatic carbocycles. The molecule has 0 radical (unpaired) electrons. The Hall–Kier alpha value is -1.36. The van der Waals surface area contributed by atoms with Gasteiger partial charge in [-0.25, -0.2) is 4.98 Å². The predicted molar refractivity (Wildman–Crippen MR) is 75.4 cm³/mol. The Balaban J connectivity index is 1.66. The van der Waals surface area contributed by atoms with E-state index in [1.165, 1.54) is 19.3 Å². The Bertz CT molecular complexity index is 494. The second kappa shape index (κ2) is 5.33. The lowest BCUT2D eigenvalue weighted by molar-refractivity contribution is 0.388. The van der Waals surface area contributed by atoms with Crippen LogP contribution in [0.3, 0.4) is 0 Å². The van der Waals surface area contributed by atoms with E-state index in [0.717, 1.165) is 32.1 Å². The molecule has 1 aromatic rings. The molecule has 104 valence electrons. The average molecular weight is 262 g/mol. The van der Waals surface area contributed by atoms with Crippen LogP contribution in [0.2, 0.25) is 0 Å². The summed E-state index contributed by atoms with van der Waals surface area (Å²) in [6.45, 7) is 2.98. The first-order chi connectivity index (χ1) is 9.24. The van der Waals surface area contributed by atoms with Crippen molar-refractivity contribution in [2.75, 3.05) is 24.5 Å². The van der Waals surface area contributed by atoms with Crippen LogP contribution in [0.4, 0.5) is 5.82 Å². The Morgan fingerprint density at radius 2 is 2.26 bits per heavy atom. The van der Waals surface area contributed by atoms with Crippen molar-refractivity contribution < 1.29 is 0 Å². The highest BCUT2D eigenvalue weighted by molar-refractivity contribution is 5.36. The van der Waals surface area contributed by atoms with Gasteiger partial charge in [0.1, 0.15) is 0 Å². The zero-order valence-electron chi connectivity index (χ0n) is 11.5. The fourth-order valence-corrected chi connectivity index (χ4v) is 2.75. The van der Waals surface area contributed by atoms with Gasteiger partial charge in [-0.2, -0.15) is 0 Å². The average Bonchev–Trinajstić information content (AvgIpc) is 3.24. The second-order valence-electron chi connectivity index (χ2n) is 5.80. The van der Waals surface area contributed by atoms with E-state index < -0.39 is 0 Å². The number of hydrogen-bond donors (Lipinski definition) is 1. The molecule has 2 heterocycles. The summed E-state index contributed by atoms with van der Waals surface area (Å²) < 4.78 is 1.61. The highest BCUT2D eigenvalue weighted by Gasteiger charge is 2.26. The third-order valence-electron chi connectivity index (χ3n) is 4.09. The van der Waals surface area contributed by atoms with Crippen LogP contribution in [0.25, 0.3) is 0 Å². The van der Waals surface area contributed by atoms with E-state index in [0.29, 0.717) is 11.7 Å². The van der Waals surface area contributed by atoms with Crippen LogP contribution in [0.15, 0.2) is 17.2 Å². The molecular formula is C14H22N4O. The van der Waals surface area contributed by atoms with E-state index in [2.05, 4.69) is 15.2 Å². The first-order valence-electron chi connectivity index (χ1n) is 7.24. The van der Waals surface area contributed by atoms with Crippen LogP contribution in [0, 0.1) is 5.92 Å². The van der Waals surface area contributed by atoms with Crippen molar-refractivity contribution in [3.63, 3.8) is 0 Å². The maximum absolute atomic E-state index is 12.1. The molecule has 1 unspecified atom stereocenters. The molecular weight excluding hydrogens is 240 g/mol. The monoisotopic (exact) mass is 262 g/mol. The van der Waals surface area contributed by atoms with Gasteiger partial charge in [0.25, 0.3) is 5.56 Å². The molecule has 1 aliphatic heterocycles. The number of anilines is 1. The Morgan fingerprint density at radius 3 is 3.05 bits per heavy atom. The molecule has 0 spiro atoms. The number of nitrogens with zero attached hydrogens (tertiary/aromatic N) is 3. The quantitative estimate of drug-likeness (QED) is 0.870. The maximum atomic E-state index is 12.1. The van der Waals surface area contributed by atoms with Gasteiger partial charge in [-0.15, -0.1) is 0 Å². The third kappa shape index (κ3) is 2.97. The Labute approximate surface area is 113 Å². The van der Waals surface area contributed by atoms with Crippen molar-refractivity contribution in [1.82, 2.24) is 14.9 Å². The molecule has 0 aromatic carbocycles. The van der Waals surface area contributed by atoms with Crippen LogP contribution >= 0.6 is 0 Å². The van der Waals surface area contributed by atoms with Crippen molar-refractivity contribution >= 4 is 5.82 Å². The second-order valence-corrected chi connectivity index (χ2v) is 5.80. The van der Waals surface area contributed by atoms with Crippen LogP contribution in [0.5, 0.6) is 0 Å².